The maximum absolute atomic E-state index is 14.1. The SMILES string of the molecule is CCOC(=O)C1=C(c2ccccc2)N=c2s/c(=C\c3cc(Cl)c(OCc4ccccc4)c(OC)c3)c(=O)n2[C@@H]1c1cccs1. The highest BCUT2D eigenvalue weighted by molar-refractivity contribution is 7.10. The number of methoxy groups -OCH3 is 1. The van der Waals surface area contributed by atoms with Crippen LogP contribution in [0.15, 0.2) is 106 Å². The van der Waals surface area contributed by atoms with Gasteiger partial charge in [0, 0.05) is 10.4 Å². The number of carbonyl (C=O) groups excluding carboxylic acids is 1. The third kappa shape index (κ3) is 5.86. The van der Waals surface area contributed by atoms with Crippen molar-refractivity contribution < 1.29 is 19.0 Å². The molecule has 0 saturated heterocycles. The summed E-state index contributed by atoms with van der Waals surface area (Å²) in [4.78, 5) is 33.8. The Bertz CT molecular complexity index is 2020. The first-order chi connectivity index (χ1) is 21.5. The van der Waals surface area contributed by atoms with Gasteiger partial charge in [-0.15, -0.1) is 11.3 Å². The quantitative estimate of drug-likeness (QED) is 0.178. The minimum absolute atomic E-state index is 0.194. The van der Waals surface area contributed by atoms with E-state index in [1.165, 1.54) is 22.7 Å². The van der Waals surface area contributed by atoms with Crippen molar-refractivity contribution in [1.82, 2.24) is 4.57 Å². The van der Waals surface area contributed by atoms with E-state index in [9.17, 15) is 9.59 Å². The van der Waals surface area contributed by atoms with Crippen LogP contribution in [0.1, 0.15) is 34.5 Å². The van der Waals surface area contributed by atoms with Crippen molar-refractivity contribution in [2.45, 2.75) is 19.6 Å². The molecule has 0 spiro atoms. The summed E-state index contributed by atoms with van der Waals surface area (Å²) in [6.45, 7) is 2.27. The molecule has 0 amide bonds. The zero-order chi connectivity index (χ0) is 30.6. The molecule has 10 heteroatoms. The number of fused-ring (bicyclic) bond motifs is 1. The standard InChI is InChI=1S/C34H27ClN2O5S2/c1-3-41-33(39)28-29(23-13-8-5-9-14-23)36-34-37(30(28)26-15-10-16-43-26)32(38)27(44-34)19-22-17-24(35)31(25(18-22)40-2)42-20-21-11-6-4-7-12-21/h4-19,30H,3,20H2,1-2H3/b27-19-/t30-/m1/s1. The van der Waals surface area contributed by atoms with Crippen molar-refractivity contribution in [3.63, 3.8) is 0 Å². The highest BCUT2D eigenvalue weighted by Crippen LogP contribution is 2.38. The summed E-state index contributed by atoms with van der Waals surface area (Å²) in [6.07, 6.45) is 1.75. The van der Waals surface area contributed by atoms with E-state index < -0.39 is 12.0 Å². The third-order valence-electron chi connectivity index (χ3n) is 6.96. The van der Waals surface area contributed by atoms with E-state index in [4.69, 9.17) is 30.8 Å². The molecule has 0 saturated carbocycles. The predicted molar refractivity (Wildman–Crippen MR) is 174 cm³/mol. The van der Waals surface area contributed by atoms with Crippen LogP contribution in [0.25, 0.3) is 11.8 Å². The van der Waals surface area contributed by atoms with Gasteiger partial charge in [0.1, 0.15) is 12.6 Å². The number of rotatable bonds is 9. The summed E-state index contributed by atoms with van der Waals surface area (Å²) < 4.78 is 19.1. The monoisotopic (exact) mass is 642 g/mol. The van der Waals surface area contributed by atoms with Gasteiger partial charge in [0.05, 0.1) is 34.5 Å². The number of esters is 1. The number of nitrogens with zero attached hydrogens (tertiary/aromatic N) is 2. The highest BCUT2D eigenvalue weighted by Gasteiger charge is 2.35. The Morgan fingerprint density at radius 1 is 1.05 bits per heavy atom. The number of benzene rings is 3. The summed E-state index contributed by atoms with van der Waals surface area (Å²) >= 11 is 9.38. The molecular formula is C34H27ClN2O5S2. The maximum atomic E-state index is 14.1. The lowest BCUT2D eigenvalue weighted by atomic mass is 9.97. The summed E-state index contributed by atoms with van der Waals surface area (Å²) in [5, 5.41) is 2.28. The van der Waals surface area contributed by atoms with Crippen molar-refractivity contribution in [2.24, 2.45) is 4.99 Å². The molecule has 0 unspecified atom stereocenters. The van der Waals surface area contributed by atoms with Crippen molar-refractivity contribution in [1.29, 1.82) is 0 Å². The van der Waals surface area contributed by atoms with Gasteiger partial charge in [0.2, 0.25) is 0 Å². The Hall–Kier alpha value is -4.44. The number of hydrogen-bond donors (Lipinski definition) is 0. The van der Waals surface area contributed by atoms with Gasteiger partial charge < -0.3 is 14.2 Å². The first-order valence-electron chi connectivity index (χ1n) is 13.8. The van der Waals surface area contributed by atoms with E-state index in [-0.39, 0.29) is 12.2 Å². The minimum atomic E-state index is -0.699. The van der Waals surface area contributed by atoms with Gasteiger partial charge in [-0.05, 0) is 47.7 Å². The minimum Gasteiger partial charge on any atom is -0.493 e. The van der Waals surface area contributed by atoms with Crippen LogP contribution in [0, 0.1) is 0 Å². The molecule has 1 aliphatic rings. The number of halogens is 1. The van der Waals surface area contributed by atoms with Crippen LogP contribution in [-0.4, -0.2) is 24.3 Å². The molecule has 3 heterocycles. The Morgan fingerprint density at radius 3 is 2.48 bits per heavy atom. The van der Waals surface area contributed by atoms with Crippen molar-refractivity contribution in [3.05, 3.63) is 142 Å². The number of carbonyl (C=O) groups is 1. The second-order valence-electron chi connectivity index (χ2n) is 9.76. The Kier molecular flexibility index (Phi) is 8.79. The number of aromatic nitrogens is 1. The second kappa shape index (κ2) is 13.1. The van der Waals surface area contributed by atoms with Crippen LogP contribution in [0.4, 0.5) is 0 Å². The highest BCUT2D eigenvalue weighted by atomic mass is 35.5. The molecule has 0 radical (unpaired) electrons. The number of ether oxygens (including phenoxy) is 3. The molecule has 0 N–H and O–H groups in total. The molecule has 5 aromatic rings. The number of thiophene rings is 1. The van der Waals surface area contributed by atoms with Gasteiger partial charge in [0.25, 0.3) is 5.56 Å². The summed E-state index contributed by atoms with van der Waals surface area (Å²) in [5.74, 6) is 0.353. The Morgan fingerprint density at radius 2 is 1.80 bits per heavy atom. The van der Waals surface area contributed by atoms with Crippen LogP contribution in [0.2, 0.25) is 5.02 Å². The fourth-order valence-corrected chi connectivity index (χ4v) is 7.10. The Labute approximate surface area is 266 Å². The summed E-state index contributed by atoms with van der Waals surface area (Å²) in [5.41, 5.74) is 2.94. The molecule has 7 nitrogen and oxygen atoms in total. The van der Waals surface area contributed by atoms with Crippen LogP contribution in [0.5, 0.6) is 11.5 Å². The van der Waals surface area contributed by atoms with Crippen molar-refractivity contribution in [3.8, 4) is 11.5 Å². The first kappa shape index (κ1) is 29.6. The van der Waals surface area contributed by atoms with Crippen LogP contribution < -0.4 is 24.4 Å². The van der Waals surface area contributed by atoms with E-state index in [1.54, 1.807) is 36.8 Å². The summed E-state index contributed by atoms with van der Waals surface area (Å²) in [6, 6.07) is 25.9. The molecular weight excluding hydrogens is 616 g/mol. The average molecular weight is 643 g/mol. The van der Waals surface area contributed by atoms with E-state index >= 15 is 0 Å². The lowest BCUT2D eigenvalue weighted by Crippen LogP contribution is -2.39. The molecule has 3 aromatic carbocycles. The van der Waals surface area contributed by atoms with Gasteiger partial charge in [-0.3, -0.25) is 9.36 Å². The molecule has 0 fully saturated rings. The van der Waals surface area contributed by atoms with Gasteiger partial charge >= 0.3 is 5.97 Å². The van der Waals surface area contributed by atoms with Gasteiger partial charge in [-0.2, -0.15) is 0 Å². The molecule has 1 atom stereocenters. The van der Waals surface area contributed by atoms with Gasteiger partial charge in [-0.25, -0.2) is 9.79 Å². The lowest BCUT2D eigenvalue weighted by molar-refractivity contribution is -0.138. The third-order valence-corrected chi connectivity index (χ3v) is 9.15. The number of thiazole rings is 1. The molecule has 2 aromatic heterocycles. The Balaban J connectivity index is 1.48. The normalized spacial score (nSPS) is 14.6. The second-order valence-corrected chi connectivity index (χ2v) is 12.2. The van der Waals surface area contributed by atoms with E-state index in [0.717, 1.165) is 16.0 Å². The lowest BCUT2D eigenvalue weighted by Gasteiger charge is -2.24. The summed E-state index contributed by atoms with van der Waals surface area (Å²) in [7, 11) is 1.54. The molecule has 222 valence electrons. The zero-order valence-corrected chi connectivity index (χ0v) is 26.2. The largest absolute Gasteiger partial charge is 0.493 e. The molecule has 0 aliphatic carbocycles. The van der Waals surface area contributed by atoms with Crippen LogP contribution in [0.3, 0.4) is 0 Å². The molecule has 6 rings (SSSR count). The zero-order valence-electron chi connectivity index (χ0n) is 23.9. The molecule has 0 bridgehead atoms. The van der Waals surface area contributed by atoms with Crippen LogP contribution in [-0.2, 0) is 16.1 Å². The first-order valence-corrected chi connectivity index (χ1v) is 15.9. The molecule has 44 heavy (non-hydrogen) atoms. The van der Waals surface area contributed by atoms with Crippen LogP contribution >= 0.6 is 34.3 Å². The fraction of sp³-hybridized carbons (Fsp3) is 0.147. The smallest absolute Gasteiger partial charge is 0.338 e. The van der Waals surface area contributed by atoms with E-state index in [2.05, 4.69) is 0 Å². The predicted octanol–water partition coefficient (Wildman–Crippen LogP) is 6.24. The maximum Gasteiger partial charge on any atom is 0.338 e. The fourth-order valence-electron chi connectivity index (χ4n) is 5.00. The van der Waals surface area contributed by atoms with Crippen molar-refractivity contribution in [2.75, 3.05) is 13.7 Å². The number of hydrogen-bond acceptors (Lipinski definition) is 8. The average Bonchev–Trinajstić information content (AvgIpc) is 3.69. The topological polar surface area (TPSA) is 79.1 Å². The van der Waals surface area contributed by atoms with Crippen molar-refractivity contribution >= 4 is 52.0 Å². The van der Waals surface area contributed by atoms with Gasteiger partial charge in [0.15, 0.2) is 16.3 Å². The van der Waals surface area contributed by atoms with Gasteiger partial charge in [-0.1, -0.05) is 89.7 Å². The van der Waals surface area contributed by atoms with E-state index in [1.807, 2.05) is 78.2 Å². The molecule has 1 aliphatic heterocycles. The van der Waals surface area contributed by atoms with E-state index in [0.29, 0.717) is 49.3 Å².